The lowest BCUT2D eigenvalue weighted by atomic mass is 10.2. The van der Waals surface area contributed by atoms with Gasteiger partial charge in [-0.2, -0.15) is 0 Å². The molecule has 1 aliphatic rings. The van der Waals surface area contributed by atoms with E-state index in [1.165, 1.54) is 0 Å². The summed E-state index contributed by atoms with van der Waals surface area (Å²) in [7, 11) is 0. The van der Waals surface area contributed by atoms with Crippen LogP contribution < -0.4 is 4.74 Å². The summed E-state index contributed by atoms with van der Waals surface area (Å²) in [5.74, 6) is -2.67. The maximum absolute atomic E-state index is 13.3. The van der Waals surface area contributed by atoms with Crippen molar-refractivity contribution < 1.29 is 23.4 Å². The second-order valence-electron chi connectivity index (χ2n) is 3.65. The molecular weight excluding hydrogens is 218 g/mol. The van der Waals surface area contributed by atoms with Gasteiger partial charge in [0.1, 0.15) is 0 Å². The Morgan fingerprint density at radius 2 is 2.06 bits per heavy atom. The normalized spacial score (nSPS) is 20.8. The Hall–Kier alpha value is -1.36. The van der Waals surface area contributed by atoms with Crippen molar-refractivity contribution in [3.05, 3.63) is 23.8 Å². The Labute approximate surface area is 91.6 Å². The van der Waals surface area contributed by atoms with Crippen molar-refractivity contribution in [1.82, 2.24) is 0 Å². The molecule has 0 saturated carbocycles. The van der Waals surface area contributed by atoms with Crippen LogP contribution >= 0.6 is 0 Å². The van der Waals surface area contributed by atoms with Gasteiger partial charge in [-0.15, -0.1) is 0 Å². The molecule has 16 heavy (non-hydrogen) atoms. The van der Waals surface area contributed by atoms with Gasteiger partial charge in [-0.3, -0.25) is 0 Å². The number of benzene rings is 1. The summed E-state index contributed by atoms with van der Waals surface area (Å²) in [6.07, 6.45) is 2.01. The van der Waals surface area contributed by atoms with E-state index in [1.54, 1.807) is 0 Å². The first-order valence-corrected chi connectivity index (χ1v) is 5.13. The molecule has 1 N–H and O–H groups in total. The van der Waals surface area contributed by atoms with E-state index in [0.717, 1.165) is 18.9 Å². The molecule has 1 fully saturated rings. The first kappa shape index (κ1) is 11.1. The molecule has 1 heterocycles. The number of ether oxygens (including phenoxy) is 2. The van der Waals surface area contributed by atoms with Crippen molar-refractivity contribution in [1.29, 1.82) is 0 Å². The van der Waals surface area contributed by atoms with Gasteiger partial charge in [-0.05, 0) is 12.8 Å². The molecular formula is C11H12F2O3. The van der Waals surface area contributed by atoms with Crippen LogP contribution in [-0.4, -0.2) is 18.0 Å². The maximum Gasteiger partial charge on any atom is 0.199 e. The third-order valence-electron chi connectivity index (χ3n) is 2.40. The second kappa shape index (κ2) is 4.65. The average Bonchev–Trinajstić information content (AvgIpc) is 2.27. The molecule has 1 atom stereocenters. The van der Waals surface area contributed by atoms with E-state index in [-0.39, 0.29) is 5.75 Å². The monoisotopic (exact) mass is 230 g/mol. The highest BCUT2D eigenvalue weighted by Crippen LogP contribution is 2.27. The minimum Gasteiger partial charge on any atom is -0.505 e. The fourth-order valence-corrected chi connectivity index (χ4v) is 1.55. The molecule has 2 rings (SSSR count). The zero-order chi connectivity index (χ0) is 11.5. The van der Waals surface area contributed by atoms with Gasteiger partial charge in [0.05, 0.1) is 6.61 Å². The molecule has 5 heteroatoms. The molecule has 88 valence electrons. The largest absolute Gasteiger partial charge is 0.505 e. The molecule has 3 nitrogen and oxygen atoms in total. The van der Waals surface area contributed by atoms with Crippen LogP contribution in [0, 0.1) is 11.6 Å². The molecule has 1 aromatic carbocycles. The summed E-state index contributed by atoms with van der Waals surface area (Å²) in [5.41, 5.74) is 0. The van der Waals surface area contributed by atoms with E-state index in [0.29, 0.717) is 19.1 Å². The summed E-state index contributed by atoms with van der Waals surface area (Å²) in [4.78, 5) is 0. The van der Waals surface area contributed by atoms with E-state index >= 15 is 0 Å². The second-order valence-corrected chi connectivity index (χ2v) is 3.65. The van der Waals surface area contributed by atoms with E-state index in [2.05, 4.69) is 0 Å². The van der Waals surface area contributed by atoms with Crippen molar-refractivity contribution >= 4 is 0 Å². The van der Waals surface area contributed by atoms with Gasteiger partial charge in [0, 0.05) is 18.6 Å². The number of halogens is 2. The predicted molar refractivity (Wildman–Crippen MR) is 52.2 cm³/mol. The lowest BCUT2D eigenvalue weighted by Crippen LogP contribution is -2.25. The lowest BCUT2D eigenvalue weighted by Gasteiger charge is -2.23. The lowest BCUT2D eigenvalue weighted by molar-refractivity contribution is -0.107. The molecule has 0 aromatic heterocycles. The molecule has 0 bridgehead atoms. The minimum atomic E-state index is -0.910. The maximum atomic E-state index is 13.3. The first-order valence-electron chi connectivity index (χ1n) is 5.13. The molecule has 0 spiro atoms. The number of phenols is 1. The van der Waals surface area contributed by atoms with E-state index < -0.39 is 23.7 Å². The number of hydrogen-bond donors (Lipinski definition) is 1. The Kier molecular flexibility index (Phi) is 3.24. The van der Waals surface area contributed by atoms with Crippen LogP contribution in [0.4, 0.5) is 8.78 Å². The van der Waals surface area contributed by atoms with Crippen LogP contribution in [0.1, 0.15) is 19.3 Å². The predicted octanol–water partition coefficient (Wildman–Crippen LogP) is 2.58. The summed E-state index contributed by atoms with van der Waals surface area (Å²) in [5, 5.41) is 8.93. The van der Waals surface area contributed by atoms with Crippen molar-refractivity contribution in [2.45, 2.75) is 25.6 Å². The molecule has 1 aromatic rings. The summed E-state index contributed by atoms with van der Waals surface area (Å²) < 4.78 is 36.7. The smallest absolute Gasteiger partial charge is 0.199 e. The van der Waals surface area contributed by atoms with Crippen LogP contribution in [-0.2, 0) is 4.74 Å². The quantitative estimate of drug-likeness (QED) is 0.848. The van der Waals surface area contributed by atoms with E-state index in [9.17, 15) is 8.78 Å². The highest BCUT2D eigenvalue weighted by molar-refractivity contribution is 5.33. The van der Waals surface area contributed by atoms with Gasteiger partial charge >= 0.3 is 0 Å². The Balaban J connectivity index is 2.11. The molecule has 0 amide bonds. The van der Waals surface area contributed by atoms with Crippen LogP contribution in [0.3, 0.4) is 0 Å². The third kappa shape index (κ3) is 2.41. The van der Waals surface area contributed by atoms with Gasteiger partial charge in [0.2, 0.25) is 0 Å². The van der Waals surface area contributed by atoms with Gasteiger partial charge in [0.25, 0.3) is 0 Å². The zero-order valence-corrected chi connectivity index (χ0v) is 8.58. The van der Waals surface area contributed by atoms with Crippen molar-refractivity contribution in [2.24, 2.45) is 0 Å². The summed E-state index contributed by atoms with van der Waals surface area (Å²) >= 11 is 0. The Morgan fingerprint density at radius 3 is 2.75 bits per heavy atom. The standard InChI is InChI=1S/C11H12F2O3/c12-7-6-10(8(13)5-9(7)14)16-11-3-1-2-4-15-11/h5-6,11,14H,1-4H2. The summed E-state index contributed by atoms with van der Waals surface area (Å²) in [6, 6.07) is 1.51. The van der Waals surface area contributed by atoms with Gasteiger partial charge in [-0.1, -0.05) is 0 Å². The Bertz CT molecular complexity index is 376. The average molecular weight is 230 g/mol. The van der Waals surface area contributed by atoms with Crippen LogP contribution in [0.5, 0.6) is 11.5 Å². The highest BCUT2D eigenvalue weighted by Gasteiger charge is 2.18. The number of hydrogen-bond acceptors (Lipinski definition) is 3. The van der Waals surface area contributed by atoms with Crippen molar-refractivity contribution in [2.75, 3.05) is 6.61 Å². The first-order chi connectivity index (χ1) is 7.66. The van der Waals surface area contributed by atoms with Crippen molar-refractivity contribution in [3.8, 4) is 11.5 Å². The van der Waals surface area contributed by atoms with E-state index in [1.807, 2.05) is 0 Å². The summed E-state index contributed by atoms with van der Waals surface area (Å²) in [6.45, 7) is 0.562. The van der Waals surface area contributed by atoms with Gasteiger partial charge in [0.15, 0.2) is 29.4 Å². The highest BCUT2D eigenvalue weighted by atomic mass is 19.1. The van der Waals surface area contributed by atoms with E-state index in [4.69, 9.17) is 14.6 Å². The number of rotatable bonds is 2. The van der Waals surface area contributed by atoms with Gasteiger partial charge < -0.3 is 14.6 Å². The third-order valence-corrected chi connectivity index (χ3v) is 2.40. The fourth-order valence-electron chi connectivity index (χ4n) is 1.55. The topological polar surface area (TPSA) is 38.7 Å². The zero-order valence-electron chi connectivity index (χ0n) is 8.58. The number of aromatic hydroxyl groups is 1. The van der Waals surface area contributed by atoms with Crippen LogP contribution in [0.2, 0.25) is 0 Å². The van der Waals surface area contributed by atoms with Crippen molar-refractivity contribution in [3.63, 3.8) is 0 Å². The van der Waals surface area contributed by atoms with Crippen LogP contribution in [0.25, 0.3) is 0 Å². The Morgan fingerprint density at radius 1 is 1.25 bits per heavy atom. The SMILES string of the molecule is Oc1cc(F)c(OC2CCCCO2)cc1F. The fraction of sp³-hybridized carbons (Fsp3) is 0.455. The minimum absolute atomic E-state index is 0.234. The van der Waals surface area contributed by atoms with Crippen LogP contribution in [0.15, 0.2) is 12.1 Å². The molecule has 1 saturated heterocycles. The van der Waals surface area contributed by atoms with Gasteiger partial charge in [-0.25, -0.2) is 8.78 Å². The number of phenolic OH excluding ortho intramolecular Hbond substituents is 1. The molecule has 0 radical (unpaired) electrons. The molecule has 0 aliphatic carbocycles. The molecule has 1 aliphatic heterocycles. The molecule has 1 unspecified atom stereocenters.